The zero-order valence-corrected chi connectivity index (χ0v) is 23.8. The fourth-order valence-corrected chi connectivity index (χ4v) is 6.15. The first-order valence-corrected chi connectivity index (χ1v) is 14.3. The number of nitrogens with zero attached hydrogens (tertiary/aromatic N) is 6. The minimum atomic E-state index is -0.398. The summed E-state index contributed by atoms with van der Waals surface area (Å²) in [6.45, 7) is 8.95. The Balaban J connectivity index is 1.21. The van der Waals surface area contributed by atoms with Crippen LogP contribution in [0.5, 0.6) is 11.5 Å². The standard InChI is InChI=1S/C32H33N7O3/c1-21-14-22(2)25-17-26(32(40)33-27(25)15-21)30(31-34-35-36-39(31)19-23-6-4-3-5-7-23)38-12-10-37(11-13-38)18-24-8-9-28-29(16-24)42-20-41-28/h3-9,14-17,30H,10-13,18-20H2,1-2H3,(H,33,40)/t30-/m0/s1. The molecule has 3 aromatic carbocycles. The third-order valence-corrected chi connectivity index (χ3v) is 8.23. The van der Waals surface area contributed by atoms with Crippen LogP contribution in [0, 0.1) is 13.8 Å². The van der Waals surface area contributed by atoms with E-state index < -0.39 is 6.04 Å². The molecule has 7 rings (SSSR count). The Labute approximate surface area is 243 Å². The van der Waals surface area contributed by atoms with E-state index in [0.717, 1.165) is 71.8 Å². The van der Waals surface area contributed by atoms with Crippen molar-refractivity contribution in [2.75, 3.05) is 33.0 Å². The quantitative estimate of drug-likeness (QED) is 0.319. The van der Waals surface area contributed by atoms with E-state index in [4.69, 9.17) is 9.47 Å². The van der Waals surface area contributed by atoms with Crippen molar-refractivity contribution in [1.29, 1.82) is 0 Å². The van der Waals surface area contributed by atoms with E-state index in [0.29, 0.717) is 17.9 Å². The number of aromatic amines is 1. The van der Waals surface area contributed by atoms with Crippen molar-refractivity contribution in [2.24, 2.45) is 0 Å². The molecular weight excluding hydrogens is 530 g/mol. The summed E-state index contributed by atoms with van der Waals surface area (Å²) in [4.78, 5) is 21.6. The lowest BCUT2D eigenvalue weighted by Gasteiger charge is -2.38. The van der Waals surface area contributed by atoms with Gasteiger partial charge in [0, 0.05) is 49.2 Å². The number of ether oxygens (including phenoxy) is 2. The van der Waals surface area contributed by atoms with Gasteiger partial charge >= 0.3 is 0 Å². The lowest BCUT2D eigenvalue weighted by atomic mass is 9.99. The molecule has 0 bridgehead atoms. The van der Waals surface area contributed by atoms with Crippen LogP contribution in [0.4, 0.5) is 0 Å². The Kier molecular flexibility index (Phi) is 6.93. The van der Waals surface area contributed by atoms with Crippen molar-refractivity contribution in [2.45, 2.75) is 33.0 Å². The van der Waals surface area contributed by atoms with Crippen LogP contribution in [-0.2, 0) is 13.1 Å². The molecule has 214 valence electrons. The minimum absolute atomic E-state index is 0.116. The van der Waals surface area contributed by atoms with Crippen LogP contribution in [0.2, 0.25) is 0 Å². The van der Waals surface area contributed by atoms with Crippen LogP contribution in [0.3, 0.4) is 0 Å². The molecule has 10 nitrogen and oxygen atoms in total. The van der Waals surface area contributed by atoms with Crippen molar-refractivity contribution in [3.05, 3.63) is 111 Å². The second-order valence-electron chi connectivity index (χ2n) is 11.2. The lowest BCUT2D eigenvalue weighted by Crippen LogP contribution is -2.48. The van der Waals surface area contributed by atoms with E-state index in [1.807, 2.05) is 48.0 Å². The van der Waals surface area contributed by atoms with Gasteiger partial charge in [-0.05, 0) is 70.8 Å². The molecule has 10 heteroatoms. The summed E-state index contributed by atoms with van der Waals surface area (Å²) in [7, 11) is 0. The number of benzene rings is 3. The van der Waals surface area contributed by atoms with Crippen LogP contribution in [0.25, 0.3) is 10.9 Å². The number of H-pyrrole nitrogens is 1. The van der Waals surface area contributed by atoms with E-state index in [2.05, 4.69) is 67.6 Å². The fourth-order valence-electron chi connectivity index (χ4n) is 6.15. The molecule has 42 heavy (non-hydrogen) atoms. The summed E-state index contributed by atoms with van der Waals surface area (Å²) in [6, 6.07) is 22.1. The molecule has 0 aliphatic carbocycles. The van der Waals surface area contributed by atoms with Crippen LogP contribution in [0.15, 0.2) is 71.5 Å². The average molecular weight is 564 g/mol. The summed E-state index contributed by atoms with van der Waals surface area (Å²) in [5, 5.41) is 14.0. The second kappa shape index (κ2) is 11.0. The predicted octanol–water partition coefficient (Wildman–Crippen LogP) is 3.82. The summed E-state index contributed by atoms with van der Waals surface area (Å²) in [5.41, 5.74) is 5.91. The van der Waals surface area contributed by atoms with E-state index >= 15 is 0 Å². The van der Waals surface area contributed by atoms with Gasteiger partial charge in [0.1, 0.15) is 6.04 Å². The van der Waals surface area contributed by atoms with E-state index in [-0.39, 0.29) is 12.4 Å². The Morgan fingerprint density at radius 3 is 2.52 bits per heavy atom. The van der Waals surface area contributed by atoms with Gasteiger partial charge in [-0.1, -0.05) is 42.5 Å². The molecule has 0 saturated carbocycles. The molecule has 5 aromatic rings. The van der Waals surface area contributed by atoms with Crippen molar-refractivity contribution < 1.29 is 9.47 Å². The van der Waals surface area contributed by atoms with Gasteiger partial charge in [-0.15, -0.1) is 5.10 Å². The Bertz CT molecular complexity index is 1790. The zero-order chi connectivity index (χ0) is 28.6. The van der Waals surface area contributed by atoms with E-state index in [9.17, 15) is 4.79 Å². The zero-order valence-electron chi connectivity index (χ0n) is 23.8. The number of piperazine rings is 1. The fraction of sp³-hybridized carbons (Fsp3) is 0.312. The molecule has 1 atom stereocenters. The normalized spacial score (nSPS) is 16.2. The third-order valence-electron chi connectivity index (χ3n) is 8.23. The molecule has 1 N–H and O–H groups in total. The van der Waals surface area contributed by atoms with Gasteiger partial charge in [-0.2, -0.15) is 0 Å². The third kappa shape index (κ3) is 5.15. The molecule has 0 unspecified atom stereocenters. The van der Waals surface area contributed by atoms with Gasteiger partial charge in [-0.25, -0.2) is 4.68 Å². The highest BCUT2D eigenvalue weighted by atomic mass is 16.7. The molecule has 2 aliphatic heterocycles. The van der Waals surface area contributed by atoms with Crippen LogP contribution >= 0.6 is 0 Å². The van der Waals surface area contributed by atoms with Crippen molar-refractivity contribution in [1.82, 2.24) is 35.0 Å². The largest absolute Gasteiger partial charge is 0.454 e. The molecule has 0 radical (unpaired) electrons. The number of fused-ring (bicyclic) bond motifs is 2. The maximum Gasteiger partial charge on any atom is 0.253 e. The van der Waals surface area contributed by atoms with Crippen molar-refractivity contribution in [3.63, 3.8) is 0 Å². The number of aromatic nitrogens is 5. The molecule has 0 spiro atoms. The van der Waals surface area contributed by atoms with Crippen molar-refractivity contribution in [3.8, 4) is 11.5 Å². The Morgan fingerprint density at radius 2 is 1.69 bits per heavy atom. The number of rotatable bonds is 7. The van der Waals surface area contributed by atoms with Gasteiger partial charge in [0.25, 0.3) is 5.56 Å². The molecule has 0 amide bonds. The Morgan fingerprint density at radius 1 is 0.881 bits per heavy atom. The van der Waals surface area contributed by atoms with Crippen LogP contribution in [-0.4, -0.2) is 68.0 Å². The van der Waals surface area contributed by atoms with Gasteiger partial charge < -0.3 is 14.5 Å². The van der Waals surface area contributed by atoms with Gasteiger partial charge in [0.05, 0.1) is 6.54 Å². The molecule has 4 heterocycles. The minimum Gasteiger partial charge on any atom is -0.454 e. The highest BCUT2D eigenvalue weighted by Crippen LogP contribution is 2.33. The molecule has 2 aliphatic rings. The maximum absolute atomic E-state index is 13.7. The summed E-state index contributed by atoms with van der Waals surface area (Å²) < 4.78 is 12.9. The molecule has 1 saturated heterocycles. The number of pyridine rings is 1. The van der Waals surface area contributed by atoms with Crippen LogP contribution < -0.4 is 15.0 Å². The summed E-state index contributed by atoms with van der Waals surface area (Å²) >= 11 is 0. The maximum atomic E-state index is 13.7. The smallest absolute Gasteiger partial charge is 0.253 e. The van der Waals surface area contributed by atoms with Gasteiger partial charge in [0.15, 0.2) is 17.3 Å². The highest BCUT2D eigenvalue weighted by molar-refractivity contribution is 5.83. The molecular formula is C32H33N7O3. The highest BCUT2D eigenvalue weighted by Gasteiger charge is 2.33. The van der Waals surface area contributed by atoms with Crippen molar-refractivity contribution >= 4 is 10.9 Å². The number of aryl methyl sites for hydroxylation is 2. The van der Waals surface area contributed by atoms with E-state index in [1.165, 1.54) is 5.56 Å². The summed E-state index contributed by atoms with van der Waals surface area (Å²) in [6.07, 6.45) is 0. The summed E-state index contributed by atoms with van der Waals surface area (Å²) in [5.74, 6) is 2.26. The van der Waals surface area contributed by atoms with Gasteiger partial charge in [-0.3, -0.25) is 14.6 Å². The molecule has 2 aromatic heterocycles. The SMILES string of the molecule is Cc1cc(C)c2cc([C@@H](c3nnnn3Cc3ccccc3)N3CCN(Cc4ccc5c(c4)OCO5)CC3)c(=O)[nH]c2c1. The lowest BCUT2D eigenvalue weighted by molar-refractivity contribution is 0.0998. The Hall–Kier alpha value is -4.54. The predicted molar refractivity (Wildman–Crippen MR) is 159 cm³/mol. The number of nitrogens with one attached hydrogen (secondary N) is 1. The first-order valence-electron chi connectivity index (χ1n) is 14.3. The number of hydrogen-bond donors (Lipinski definition) is 1. The first kappa shape index (κ1) is 26.4. The van der Waals surface area contributed by atoms with Gasteiger partial charge in [0.2, 0.25) is 6.79 Å². The van der Waals surface area contributed by atoms with E-state index in [1.54, 1.807) is 0 Å². The number of tetrazole rings is 1. The topological polar surface area (TPSA) is 101 Å². The average Bonchev–Trinajstić information content (AvgIpc) is 3.64. The number of hydrogen-bond acceptors (Lipinski definition) is 8. The van der Waals surface area contributed by atoms with Crippen LogP contribution in [0.1, 0.15) is 39.7 Å². The second-order valence-corrected chi connectivity index (χ2v) is 11.2. The monoisotopic (exact) mass is 563 g/mol. The first-order chi connectivity index (χ1) is 20.5. The molecule has 1 fully saturated rings.